The highest BCUT2D eigenvalue weighted by Crippen LogP contribution is 2.15. The fraction of sp³-hybridized carbons (Fsp3) is 0. The maximum atomic E-state index is 12.3. The van der Waals surface area contributed by atoms with Gasteiger partial charge in [-0.2, -0.15) is 5.10 Å². The molecule has 1 aromatic heterocycles. The molecule has 0 aliphatic heterocycles. The third kappa shape index (κ3) is 3.22. The van der Waals surface area contributed by atoms with Gasteiger partial charge >= 0.3 is 0 Å². The maximum Gasteiger partial charge on any atom is 0.272 e. The van der Waals surface area contributed by atoms with E-state index in [-0.39, 0.29) is 16.9 Å². The number of hydrazone groups is 1. The van der Waals surface area contributed by atoms with E-state index < -0.39 is 0 Å². The summed E-state index contributed by atoms with van der Waals surface area (Å²) in [5.41, 5.74) is 3.40. The minimum absolute atomic E-state index is 0.203. The number of hydrogen-bond acceptors (Lipinski definition) is 4. The summed E-state index contributed by atoms with van der Waals surface area (Å²) in [5, 5.41) is 4.29. The van der Waals surface area contributed by atoms with Gasteiger partial charge in [0.1, 0.15) is 11.8 Å². The molecule has 3 aromatic rings. The molecular weight excluding hydrogens is 360 g/mol. The Kier molecular flexibility index (Phi) is 4.34. The highest BCUT2D eigenvalue weighted by atomic mass is 79.9. The topological polar surface area (TPSA) is 71.7 Å². The lowest BCUT2D eigenvalue weighted by molar-refractivity contribution is 0.0954. The third-order valence-electron chi connectivity index (χ3n) is 3.19. The molecule has 0 radical (unpaired) electrons. The van der Waals surface area contributed by atoms with Crippen molar-refractivity contribution in [3.63, 3.8) is 0 Å². The second-order valence-corrected chi connectivity index (χ2v) is 5.55. The van der Waals surface area contributed by atoms with E-state index >= 15 is 0 Å². The highest BCUT2D eigenvalue weighted by molar-refractivity contribution is 9.10. The first-order valence-electron chi connectivity index (χ1n) is 6.75. The van der Waals surface area contributed by atoms with Crippen LogP contribution >= 0.6 is 15.9 Å². The van der Waals surface area contributed by atoms with Crippen LogP contribution in [0.1, 0.15) is 15.9 Å². The molecule has 0 atom stereocenters. The Balaban J connectivity index is 1.81. The molecule has 0 unspecified atom stereocenters. The minimum atomic E-state index is -0.376. The first-order chi connectivity index (χ1) is 11.2. The van der Waals surface area contributed by atoms with E-state index in [1.165, 1.54) is 12.5 Å². The van der Waals surface area contributed by atoms with Crippen LogP contribution in [0, 0.1) is 0 Å². The molecule has 0 aliphatic rings. The number of hydrogen-bond donors (Lipinski definition) is 1. The molecular formula is C17H11BrN2O3. The van der Waals surface area contributed by atoms with Crippen LogP contribution in [-0.2, 0) is 0 Å². The zero-order chi connectivity index (χ0) is 16.2. The van der Waals surface area contributed by atoms with Crippen LogP contribution in [0.15, 0.2) is 73.6 Å². The molecule has 0 fully saturated rings. The van der Waals surface area contributed by atoms with Crippen molar-refractivity contribution in [2.45, 2.75) is 0 Å². The van der Waals surface area contributed by atoms with Crippen LogP contribution < -0.4 is 10.9 Å². The van der Waals surface area contributed by atoms with Gasteiger partial charge in [-0.05, 0) is 40.2 Å². The van der Waals surface area contributed by atoms with Gasteiger partial charge in [-0.25, -0.2) is 5.43 Å². The normalized spacial score (nSPS) is 11.0. The standard InChI is InChI=1S/C17H11BrN2O3/c18-14-7-3-1-5-12(14)17(22)20-19-9-11-10-23-15-8-4-2-6-13(15)16(11)21/h1-10H,(H,20,22)/b19-9-. The molecule has 5 nitrogen and oxygen atoms in total. The Labute approximate surface area is 139 Å². The Morgan fingerprint density at radius 3 is 2.70 bits per heavy atom. The molecule has 3 rings (SSSR count). The van der Waals surface area contributed by atoms with Crippen LogP contribution in [0.3, 0.4) is 0 Å². The van der Waals surface area contributed by atoms with E-state index in [4.69, 9.17) is 4.42 Å². The quantitative estimate of drug-likeness (QED) is 0.567. The smallest absolute Gasteiger partial charge is 0.272 e. The van der Waals surface area contributed by atoms with Crippen LogP contribution in [0.2, 0.25) is 0 Å². The van der Waals surface area contributed by atoms with Crippen molar-refractivity contribution < 1.29 is 9.21 Å². The number of rotatable bonds is 3. The third-order valence-corrected chi connectivity index (χ3v) is 3.89. The number of carbonyl (C=O) groups excluding carboxylic acids is 1. The predicted molar refractivity (Wildman–Crippen MR) is 91.7 cm³/mol. The number of amides is 1. The number of halogens is 1. The molecule has 1 heterocycles. The van der Waals surface area contributed by atoms with E-state index in [2.05, 4.69) is 26.5 Å². The summed E-state index contributed by atoms with van der Waals surface area (Å²) >= 11 is 3.29. The summed E-state index contributed by atoms with van der Waals surface area (Å²) in [4.78, 5) is 24.3. The zero-order valence-corrected chi connectivity index (χ0v) is 13.4. The Morgan fingerprint density at radius 1 is 1.13 bits per heavy atom. The largest absolute Gasteiger partial charge is 0.463 e. The first kappa shape index (κ1) is 15.2. The van der Waals surface area contributed by atoms with E-state index in [9.17, 15) is 9.59 Å². The van der Waals surface area contributed by atoms with Crippen molar-refractivity contribution in [2.75, 3.05) is 0 Å². The van der Waals surface area contributed by atoms with E-state index in [1.54, 1.807) is 42.5 Å². The van der Waals surface area contributed by atoms with Gasteiger partial charge in [-0.1, -0.05) is 24.3 Å². The molecule has 114 valence electrons. The SMILES string of the molecule is O=C(N/N=C\c1coc2ccccc2c1=O)c1ccccc1Br. The second kappa shape index (κ2) is 6.58. The van der Waals surface area contributed by atoms with Crippen LogP contribution in [0.4, 0.5) is 0 Å². The van der Waals surface area contributed by atoms with Crippen molar-refractivity contribution in [2.24, 2.45) is 5.10 Å². The summed E-state index contributed by atoms with van der Waals surface area (Å²) in [6, 6.07) is 13.9. The number of carbonyl (C=O) groups is 1. The Morgan fingerprint density at radius 2 is 1.87 bits per heavy atom. The van der Waals surface area contributed by atoms with Crippen molar-refractivity contribution in [3.05, 3.63) is 80.6 Å². The summed E-state index contributed by atoms with van der Waals surface area (Å²) in [6.45, 7) is 0. The van der Waals surface area contributed by atoms with Gasteiger partial charge < -0.3 is 4.42 Å². The van der Waals surface area contributed by atoms with Crippen LogP contribution in [0.25, 0.3) is 11.0 Å². The van der Waals surface area contributed by atoms with Gasteiger partial charge in [0.25, 0.3) is 5.91 Å². The summed E-state index contributed by atoms with van der Waals surface area (Å²) in [7, 11) is 0. The molecule has 0 saturated heterocycles. The predicted octanol–water partition coefficient (Wildman–Crippen LogP) is 3.32. The maximum absolute atomic E-state index is 12.3. The van der Waals surface area contributed by atoms with Gasteiger partial charge in [-0.3, -0.25) is 9.59 Å². The Hall–Kier alpha value is -2.73. The lowest BCUT2D eigenvalue weighted by Crippen LogP contribution is -2.19. The number of fused-ring (bicyclic) bond motifs is 1. The monoisotopic (exact) mass is 370 g/mol. The second-order valence-electron chi connectivity index (χ2n) is 4.70. The van der Waals surface area contributed by atoms with Gasteiger partial charge in [0.15, 0.2) is 0 Å². The molecule has 1 amide bonds. The summed E-state index contributed by atoms with van der Waals surface area (Å²) < 4.78 is 6.04. The van der Waals surface area contributed by atoms with Crippen molar-refractivity contribution >= 4 is 39.0 Å². The molecule has 6 heteroatoms. The highest BCUT2D eigenvalue weighted by Gasteiger charge is 2.08. The number of benzene rings is 2. The van der Waals surface area contributed by atoms with Crippen LogP contribution in [0.5, 0.6) is 0 Å². The Bertz CT molecular complexity index is 963. The van der Waals surface area contributed by atoms with Crippen molar-refractivity contribution in [3.8, 4) is 0 Å². The fourth-order valence-corrected chi connectivity index (χ4v) is 2.51. The molecule has 0 saturated carbocycles. The van der Waals surface area contributed by atoms with Crippen molar-refractivity contribution in [1.82, 2.24) is 5.43 Å². The van der Waals surface area contributed by atoms with E-state index in [1.807, 2.05) is 6.07 Å². The van der Waals surface area contributed by atoms with Gasteiger partial charge in [0.2, 0.25) is 5.43 Å². The summed E-state index contributed by atoms with van der Waals surface area (Å²) in [5.74, 6) is -0.376. The van der Waals surface area contributed by atoms with Gasteiger partial charge in [0.05, 0.1) is 22.7 Å². The molecule has 1 N–H and O–H groups in total. The molecule has 0 spiro atoms. The average molecular weight is 371 g/mol. The van der Waals surface area contributed by atoms with Gasteiger partial charge in [-0.15, -0.1) is 0 Å². The van der Waals surface area contributed by atoms with Crippen molar-refractivity contribution in [1.29, 1.82) is 0 Å². The minimum Gasteiger partial charge on any atom is -0.463 e. The average Bonchev–Trinajstić information content (AvgIpc) is 2.57. The summed E-state index contributed by atoms with van der Waals surface area (Å²) in [6.07, 6.45) is 2.59. The van der Waals surface area contributed by atoms with E-state index in [0.717, 1.165) is 0 Å². The van der Waals surface area contributed by atoms with Gasteiger partial charge in [0, 0.05) is 4.47 Å². The zero-order valence-electron chi connectivity index (χ0n) is 11.8. The molecule has 23 heavy (non-hydrogen) atoms. The number of nitrogens with zero attached hydrogens (tertiary/aromatic N) is 1. The lowest BCUT2D eigenvalue weighted by Gasteiger charge is -2.02. The first-order valence-corrected chi connectivity index (χ1v) is 7.54. The lowest BCUT2D eigenvalue weighted by atomic mass is 10.2. The molecule has 0 aliphatic carbocycles. The number of para-hydroxylation sites is 1. The molecule has 2 aromatic carbocycles. The fourth-order valence-electron chi connectivity index (χ4n) is 2.05. The molecule has 0 bridgehead atoms. The van der Waals surface area contributed by atoms with Crippen LogP contribution in [-0.4, -0.2) is 12.1 Å². The van der Waals surface area contributed by atoms with E-state index in [0.29, 0.717) is 21.0 Å². The number of nitrogens with one attached hydrogen (secondary N) is 1.